The fraction of sp³-hybridized carbons (Fsp3) is 0.615. The van der Waals surface area contributed by atoms with E-state index in [1.165, 1.54) is 0 Å². The second-order valence-electron chi connectivity index (χ2n) is 5.53. The highest BCUT2D eigenvalue weighted by Crippen LogP contribution is 2.34. The minimum Gasteiger partial charge on any atom is -0.363 e. The van der Waals surface area contributed by atoms with Crippen LogP contribution in [0.15, 0.2) is 18.3 Å². The van der Waals surface area contributed by atoms with Crippen molar-refractivity contribution in [2.75, 3.05) is 6.54 Å². The van der Waals surface area contributed by atoms with Crippen LogP contribution < -0.4 is 0 Å². The standard InChI is InChI=1S/C13H20N2O/c1-13(2,3)12(16)15-9-5-7-11(15)10-6-4-8-14-10/h4,6,8,11,14H,5,7,9H2,1-3H3. The van der Waals surface area contributed by atoms with Crippen molar-refractivity contribution in [3.8, 4) is 0 Å². The second-order valence-corrected chi connectivity index (χ2v) is 5.53. The zero-order valence-electron chi connectivity index (χ0n) is 10.3. The molecule has 0 aromatic carbocycles. The average Bonchev–Trinajstić information content (AvgIpc) is 2.85. The Labute approximate surface area is 96.8 Å². The van der Waals surface area contributed by atoms with Gasteiger partial charge < -0.3 is 9.88 Å². The number of hydrogen-bond donors (Lipinski definition) is 1. The molecule has 2 rings (SSSR count). The van der Waals surface area contributed by atoms with Crippen LogP contribution in [0.1, 0.15) is 45.3 Å². The van der Waals surface area contributed by atoms with E-state index >= 15 is 0 Å². The number of aromatic nitrogens is 1. The zero-order valence-corrected chi connectivity index (χ0v) is 10.3. The maximum atomic E-state index is 12.3. The van der Waals surface area contributed by atoms with Crippen molar-refractivity contribution in [1.82, 2.24) is 9.88 Å². The molecule has 1 amide bonds. The fourth-order valence-electron chi connectivity index (χ4n) is 2.32. The SMILES string of the molecule is CC(C)(C)C(=O)N1CCCC1c1ccc[nH]1. The average molecular weight is 220 g/mol. The van der Waals surface area contributed by atoms with E-state index in [0.29, 0.717) is 0 Å². The van der Waals surface area contributed by atoms with Gasteiger partial charge in [0.25, 0.3) is 0 Å². The number of nitrogens with one attached hydrogen (secondary N) is 1. The Balaban J connectivity index is 2.19. The Kier molecular flexibility index (Phi) is 2.78. The Bertz CT molecular complexity index is 362. The maximum Gasteiger partial charge on any atom is 0.228 e. The summed E-state index contributed by atoms with van der Waals surface area (Å²) in [6.45, 7) is 6.85. The molecule has 16 heavy (non-hydrogen) atoms. The van der Waals surface area contributed by atoms with Gasteiger partial charge in [-0.2, -0.15) is 0 Å². The highest BCUT2D eigenvalue weighted by atomic mass is 16.2. The van der Waals surface area contributed by atoms with Crippen LogP contribution in [-0.2, 0) is 4.79 Å². The molecule has 1 aliphatic rings. The molecule has 2 heterocycles. The fourth-order valence-corrected chi connectivity index (χ4v) is 2.32. The van der Waals surface area contributed by atoms with Crippen LogP contribution in [0.25, 0.3) is 0 Å². The summed E-state index contributed by atoms with van der Waals surface area (Å²) in [5.74, 6) is 0.254. The molecule has 1 aliphatic heterocycles. The third-order valence-electron chi connectivity index (χ3n) is 3.14. The van der Waals surface area contributed by atoms with E-state index in [4.69, 9.17) is 0 Å². The molecule has 1 aromatic rings. The largest absolute Gasteiger partial charge is 0.363 e. The quantitative estimate of drug-likeness (QED) is 0.776. The molecule has 3 heteroatoms. The summed E-state index contributed by atoms with van der Waals surface area (Å²) >= 11 is 0. The van der Waals surface area contributed by atoms with Crippen LogP contribution >= 0.6 is 0 Å². The number of amides is 1. The van der Waals surface area contributed by atoms with Gasteiger partial charge in [0.1, 0.15) is 0 Å². The number of H-pyrrole nitrogens is 1. The predicted molar refractivity (Wildman–Crippen MR) is 63.9 cm³/mol. The van der Waals surface area contributed by atoms with Crippen LogP contribution in [0.3, 0.4) is 0 Å². The van der Waals surface area contributed by atoms with E-state index in [1.807, 2.05) is 37.9 Å². The van der Waals surface area contributed by atoms with E-state index in [1.54, 1.807) is 0 Å². The van der Waals surface area contributed by atoms with Crippen LogP contribution in [0.2, 0.25) is 0 Å². The number of carbonyl (C=O) groups is 1. The first kappa shape index (κ1) is 11.2. The van der Waals surface area contributed by atoms with Crippen molar-refractivity contribution in [1.29, 1.82) is 0 Å². The molecular weight excluding hydrogens is 200 g/mol. The van der Waals surface area contributed by atoms with Gasteiger partial charge in [0.05, 0.1) is 6.04 Å². The number of aromatic amines is 1. The molecule has 1 fully saturated rings. The molecule has 0 radical (unpaired) electrons. The lowest BCUT2D eigenvalue weighted by Gasteiger charge is -2.30. The molecule has 0 aliphatic carbocycles. The monoisotopic (exact) mass is 220 g/mol. The van der Waals surface area contributed by atoms with Crippen molar-refractivity contribution in [2.24, 2.45) is 5.41 Å². The predicted octanol–water partition coefficient (Wildman–Crippen LogP) is 2.72. The Morgan fingerprint density at radius 1 is 1.50 bits per heavy atom. The number of likely N-dealkylation sites (tertiary alicyclic amines) is 1. The van der Waals surface area contributed by atoms with E-state index in [-0.39, 0.29) is 17.4 Å². The Hall–Kier alpha value is -1.25. The molecule has 1 saturated heterocycles. The molecular formula is C13H20N2O. The molecule has 88 valence electrons. The molecule has 0 spiro atoms. The van der Waals surface area contributed by atoms with Crippen LogP contribution in [-0.4, -0.2) is 22.3 Å². The molecule has 0 saturated carbocycles. The number of rotatable bonds is 1. The first-order chi connectivity index (χ1) is 7.50. The molecule has 3 nitrogen and oxygen atoms in total. The Morgan fingerprint density at radius 3 is 2.81 bits per heavy atom. The lowest BCUT2D eigenvalue weighted by molar-refractivity contribution is -0.140. The molecule has 1 unspecified atom stereocenters. The summed E-state index contributed by atoms with van der Waals surface area (Å²) < 4.78 is 0. The highest BCUT2D eigenvalue weighted by molar-refractivity contribution is 5.82. The third kappa shape index (κ3) is 1.99. The summed E-state index contributed by atoms with van der Waals surface area (Å²) in [4.78, 5) is 17.5. The summed E-state index contributed by atoms with van der Waals surface area (Å²) in [6.07, 6.45) is 4.10. The lowest BCUT2D eigenvalue weighted by atomic mass is 9.94. The van der Waals surface area contributed by atoms with Gasteiger partial charge >= 0.3 is 0 Å². The minimum absolute atomic E-state index is 0.252. The molecule has 1 atom stereocenters. The molecule has 1 aromatic heterocycles. The number of carbonyl (C=O) groups excluding carboxylic acids is 1. The number of nitrogens with zero attached hydrogens (tertiary/aromatic N) is 1. The summed E-state index contributed by atoms with van der Waals surface area (Å²) in [5.41, 5.74) is 0.880. The van der Waals surface area contributed by atoms with Gasteiger partial charge in [-0.05, 0) is 25.0 Å². The van der Waals surface area contributed by atoms with Gasteiger partial charge in [-0.15, -0.1) is 0 Å². The highest BCUT2D eigenvalue weighted by Gasteiger charge is 2.35. The smallest absolute Gasteiger partial charge is 0.228 e. The summed E-state index contributed by atoms with van der Waals surface area (Å²) in [6, 6.07) is 4.31. The van der Waals surface area contributed by atoms with Crippen molar-refractivity contribution < 1.29 is 4.79 Å². The van der Waals surface area contributed by atoms with Crippen molar-refractivity contribution in [2.45, 2.75) is 39.7 Å². The summed E-state index contributed by atoms with van der Waals surface area (Å²) in [7, 11) is 0. The Morgan fingerprint density at radius 2 is 2.25 bits per heavy atom. The van der Waals surface area contributed by atoms with E-state index in [9.17, 15) is 4.79 Å². The van der Waals surface area contributed by atoms with Crippen LogP contribution in [0, 0.1) is 5.41 Å². The first-order valence-electron chi connectivity index (χ1n) is 5.94. The van der Waals surface area contributed by atoms with Crippen molar-refractivity contribution in [3.63, 3.8) is 0 Å². The van der Waals surface area contributed by atoms with Crippen LogP contribution in [0.5, 0.6) is 0 Å². The van der Waals surface area contributed by atoms with Crippen molar-refractivity contribution in [3.05, 3.63) is 24.0 Å². The molecule has 1 N–H and O–H groups in total. The second kappa shape index (κ2) is 3.96. The van der Waals surface area contributed by atoms with E-state index < -0.39 is 0 Å². The van der Waals surface area contributed by atoms with Gasteiger partial charge in [0.15, 0.2) is 0 Å². The maximum absolute atomic E-state index is 12.3. The van der Waals surface area contributed by atoms with Gasteiger partial charge in [0.2, 0.25) is 5.91 Å². The first-order valence-corrected chi connectivity index (χ1v) is 5.94. The van der Waals surface area contributed by atoms with Crippen molar-refractivity contribution >= 4 is 5.91 Å². The summed E-state index contributed by atoms with van der Waals surface area (Å²) in [5, 5.41) is 0. The third-order valence-corrected chi connectivity index (χ3v) is 3.14. The lowest BCUT2D eigenvalue weighted by Crippen LogP contribution is -2.39. The zero-order chi connectivity index (χ0) is 11.8. The topological polar surface area (TPSA) is 36.1 Å². The van der Waals surface area contributed by atoms with Gasteiger partial charge in [-0.25, -0.2) is 0 Å². The minimum atomic E-state index is -0.283. The molecule has 0 bridgehead atoms. The van der Waals surface area contributed by atoms with E-state index in [0.717, 1.165) is 25.1 Å². The van der Waals surface area contributed by atoms with E-state index in [2.05, 4.69) is 11.1 Å². The van der Waals surface area contributed by atoms with Gasteiger partial charge in [0, 0.05) is 23.9 Å². The van der Waals surface area contributed by atoms with Crippen LogP contribution in [0.4, 0.5) is 0 Å². The van der Waals surface area contributed by atoms with Gasteiger partial charge in [-0.1, -0.05) is 20.8 Å². The van der Waals surface area contributed by atoms with Gasteiger partial charge in [-0.3, -0.25) is 4.79 Å². The number of hydrogen-bond acceptors (Lipinski definition) is 1. The normalized spacial score (nSPS) is 21.4.